The van der Waals surface area contributed by atoms with Crippen molar-refractivity contribution in [2.45, 2.75) is 20.3 Å². The lowest BCUT2D eigenvalue weighted by Gasteiger charge is -1.96. The Hall–Kier alpha value is -1.06. The topological polar surface area (TPSA) is 38.7 Å². The van der Waals surface area contributed by atoms with Gasteiger partial charge in [-0.1, -0.05) is 17.7 Å². The van der Waals surface area contributed by atoms with E-state index in [1.54, 1.807) is 19.3 Å². The first-order valence-corrected chi connectivity index (χ1v) is 5.50. The number of rotatable bonds is 4. The van der Waals surface area contributed by atoms with Crippen LogP contribution >= 0.6 is 0 Å². The Balaban J connectivity index is 0.000000293. The molecule has 0 aromatic heterocycles. The fourth-order valence-electron chi connectivity index (χ4n) is 1.00. The largest absolute Gasteiger partial charge is 0.508 e. The SMILES string of the molecule is CC1=CC=C(O)C=CC1.CCOCCOC. The van der Waals surface area contributed by atoms with Crippen molar-refractivity contribution >= 4 is 0 Å². The monoisotopic (exact) mass is 226 g/mol. The Bertz CT molecular complexity index is 248. The molecule has 0 atom stereocenters. The third-order valence-electron chi connectivity index (χ3n) is 1.90. The number of aliphatic hydroxyl groups excluding tert-OH is 1. The molecule has 1 aliphatic carbocycles. The zero-order chi connectivity index (χ0) is 12.2. The Labute approximate surface area is 98.1 Å². The average molecular weight is 226 g/mol. The molecule has 0 aromatic rings. The van der Waals surface area contributed by atoms with Gasteiger partial charge in [0, 0.05) is 13.7 Å². The Morgan fingerprint density at radius 3 is 2.69 bits per heavy atom. The van der Waals surface area contributed by atoms with Crippen molar-refractivity contribution in [2.75, 3.05) is 26.9 Å². The summed E-state index contributed by atoms with van der Waals surface area (Å²) in [5.41, 5.74) is 1.27. The van der Waals surface area contributed by atoms with E-state index < -0.39 is 0 Å². The van der Waals surface area contributed by atoms with E-state index in [2.05, 4.69) is 0 Å². The minimum atomic E-state index is 0.340. The van der Waals surface area contributed by atoms with Gasteiger partial charge in [0.25, 0.3) is 0 Å². The highest BCUT2D eigenvalue weighted by Gasteiger charge is 1.90. The summed E-state index contributed by atoms with van der Waals surface area (Å²) in [4.78, 5) is 0. The summed E-state index contributed by atoms with van der Waals surface area (Å²) in [5, 5.41) is 8.94. The van der Waals surface area contributed by atoms with Gasteiger partial charge in [-0.3, -0.25) is 0 Å². The molecule has 0 saturated carbocycles. The fraction of sp³-hybridized carbons (Fsp3) is 0.538. The van der Waals surface area contributed by atoms with Crippen LogP contribution < -0.4 is 0 Å². The zero-order valence-electron chi connectivity index (χ0n) is 10.4. The summed E-state index contributed by atoms with van der Waals surface area (Å²) >= 11 is 0. The molecule has 0 unspecified atom stereocenters. The predicted molar refractivity (Wildman–Crippen MR) is 66.6 cm³/mol. The van der Waals surface area contributed by atoms with Crippen LogP contribution in [-0.2, 0) is 9.47 Å². The first-order chi connectivity index (χ1) is 7.70. The summed E-state index contributed by atoms with van der Waals surface area (Å²) in [5.74, 6) is 0.340. The van der Waals surface area contributed by atoms with Crippen molar-refractivity contribution in [3.05, 3.63) is 35.6 Å². The van der Waals surface area contributed by atoms with E-state index in [1.807, 2.05) is 26.0 Å². The Kier molecular flexibility index (Phi) is 9.76. The highest BCUT2D eigenvalue weighted by Crippen LogP contribution is 2.07. The quantitative estimate of drug-likeness (QED) is 0.749. The molecule has 3 nitrogen and oxygen atoms in total. The van der Waals surface area contributed by atoms with Gasteiger partial charge in [-0.05, 0) is 32.4 Å². The smallest absolute Gasteiger partial charge is 0.115 e. The normalized spacial score (nSPS) is 14.4. The second kappa shape index (κ2) is 10.5. The van der Waals surface area contributed by atoms with Gasteiger partial charge in [0.05, 0.1) is 13.2 Å². The lowest BCUT2D eigenvalue weighted by atomic mass is 10.2. The van der Waals surface area contributed by atoms with E-state index in [4.69, 9.17) is 14.6 Å². The number of methoxy groups -OCH3 is 1. The summed E-state index contributed by atoms with van der Waals surface area (Å²) in [6, 6.07) is 0. The Morgan fingerprint density at radius 2 is 2.06 bits per heavy atom. The van der Waals surface area contributed by atoms with Gasteiger partial charge in [0.2, 0.25) is 0 Å². The first kappa shape index (κ1) is 14.9. The molecule has 0 fully saturated rings. The third-order valence-corrected chi connectivity index (χ3v) is 1.90. The summed E-state index contributed by atoms with van der Waals surface area (Å²) in [6.07, 6.45) is 8.24. The van der Waals surface area contributed by atoms with Gasteiger partial charge >= 0.3 is 0 Å². The van der Waals surface area contributed by atoms with Crippen LogP contribution in [0.25, 0.3) is 0 Å². The van der Waals surface area contributed by atoms with Crippen molar-refractivity contribution in [3.8, 4) is 0 Å². The number of ether oxygens (including phenoxy) is 2. The van der Waals surface area contributed by atoms with E-state index in [9.17, 15) is 0 Å². The minimum Gasteiger partial charge on any atom is -0.508 e. The lowest BCUT2D eigenvalue weighted by Crippen LogP contribution is -2.00. The third kappa shape index (κ3) is 9.49. The maximum Gasteiger partial charge on any atom is 0.115 e. The van der Waals surface area contributed by atoms with Crippen LogP contribution in [0.2, 0.25) is 0 Å². The van der Waals surface area contributed by atoms with E-state index in [0.717, 1.165) is 13.0 Å². The second-order valence-electron chi connectivity index (χ2n) is 3.40. The molecule has 1 N–H and O–H groups in total. The molecule has 1 rings (SSSR count). The minimum absolute atomic E-state index is 0.340. The number of aliphatic hydroxyl groups is 1. The second-order valence-corrected chi connectivity index (χ2v) is 3.40. The van der Waals surface area contributed by atoms with Crippen LogP contribution in [-0.4, -0.2) is 32.0 Å². The van der Waals surface area contributed by atoms with Crippen LogP contribution in [0.1, 0.15) is 20.3 Å². The van der Waals surface area contributed by atoms with Crippen molar-refractivity contribution in [1.82, 2.24) is 0 Å². The highest BCUT2D eigenvalue weighted by atomic mass is 16.5. The highest BCUT2D eigenvalue weighted by molar-refractivity contribution is 5.25. The van der Waals surface area contributed by atoms with Crippen LogP contribution in [0, 0.1) is 0 Å². The van der Waals surface area contributed by atoms with Crippen molar-refractivity contribution in [1.29, 1.82) is 0 Å². The molecule has 1 aliphatic rings. The molecule has 0 aromatic carbocycles. The van der Waals surface area contributed by atoms with Gasteiger partial charge < -0.3 is 14.6 Å². The van der Waals surface area contributed by atoms with Gasteiger partial charge in [-0.25, -0.2) is 0 Å². The molecule has 0 amide bonds. The van der Waals surface area contributed by atoms with Gasteiger partial charge in [-0.2, -0.15) is 0 Å². The number of hydrogen-bond acceptors (Lipinski definition) is 3. The molecular formula is C13H22O3. The van der Waals surface area contributed by atoms with Gasteiger partial charge in [0.15, 0.2) is 0 Å². The van der Waals surface area contributed by atoms with Crippen LogP contribution in [0.15, 0.2) is 35.6 Å². The van der Waals surface area contributed by atoms with E-state index in [0.29, 0.717) is 19.0 Å². The van der Waals surface area contributed by atoms with Crippen LogP contribution in [0.5, 0.6) is 0 Å². The number of hydrogen-bond donors (Lipinski definition) is 1. The summed E-state index contributed by atoms with van der Waals surface area (Å²) < 4.78 is 9.67. The molecule has 92 valence electrons. The zero-order valence-corrected chi connectivity index (χ0v) is 10.4. The van der Waals surface area contributed by atoms with Crippen LogP contribution in [0.3, 0.4) is 0 Å². The van der Waals surface area contributed by atoms with Crippen molar-refractivity contribution in [3.63, 3.8) is 0 Å². The summed E-state index contributed by atoms with van der Waals surface area (Å²) in [7, 11) is 1.67. The number of allylic oxidation sites excluding steroid dienone is 5. The standard InChI is InChI=1S/C8H10O.C5H12O2/c1-7-3-2-4-8(9)6-5-7;1-3-7-5-4-6-2/h2,4-6,9H,3H2,1H3;3-5H2,1-2H3. The Morgan fingerprint density at radius 1 is 1.31 bits per heavy atom. The maximum atomic E-state index is 8.94. The van der Waals surface area contributed by atoms with Gasteiger partial charge in [0.1, 0.15) is 5.76 Å². The molecule has 0 radical (unpaired) electrons. The average Bonchev–Trinajstić information content (AvgIpc) is 2.45. The van der Waals surface area contributed by atoms with Crippen molar-refractivity contribution < 1.29 is 14.6 Å². The lowest BCUT2D eigenvalue weighted by molar-refractivity contribution is 0.0777. The molecule has 0 spiro atoms. The van der Waals surface area contributed by atoms with Gasteiger partial charge in [-0.15, -0.1) is 0 Å². The molecule has 3 heteroatoms. The van der Waals surface area contributed by atoms with E-state index in [1.165, 1.54) is 5.57 Å². The molecule has 0 heterocycles. The molecule has 16 heavy (non-hydrogen) atoms. The maximum absolute atomic E-state index is 8.94. The van der Waals surface area contributed by atoms with E-state index in [-0.39, 0.29) is 0 Å². The first-order valence-electron chi connectivity index (χ1n) is 5.50. The predicted octanol–water partition coefficient (Wildman–Crippen LogP) is 3.00. The molecule has 0 saturated heterocycles. The molecule has 0 bridgehead atoms. The molecular weight excluding hydrogens is 204 g/mol. The fourth-order valence-corrected chi connectivity index (χ4v) is 1.00. The van der Waals surface area contributed by atoms with Crippen molar-refractivity contribution in [2.24, 2.45) is 0 Å². The van der Waals surface area contributed by atoms with E-state index >= 15 is 0 Å². The molecule has 0 aliphatic heterocycles. The van der Waals surface area contributed by atoms with Crippen LogP contribution in [0.4, 0.5) is 0 Å². The summed E-state index contributed by atoms with van der Waals surface area (Å²) in [6.45, 7) is 6.21.